The minimum Gasteiger partial charge on any atom is -0.756 e. The molecule has 10 heteroatoms. The summed E-state index contributed by atoms with van der Waals surface area (Å²) in [6.07, 6.45) is 82.0. The molecule has 0 aromatic carbocycles. The van der Waals surface area contributed by atoms with Crippen LogP contribution in [-0.4, -0.2) is 70.0 Å². The lowest BCUT2D eigenvalue weighted by molar-refractivity contribution is -0.870. The molecule has 79 heavy (non-hydrogen) atoms. The molecule has 0 heterocycles. The molecule has 0 aromatic rings. The second-order valence-corrected chi connectivity index (χ2v) is 24.2. The summed E-state index contributed by atoms with van der Waals surface area (Å²) in [5, 5.41) is 0. The van der Waals surface area contributed by atoms with Crippen LogP contribution in [0.5, 0.6) is 0 Å². The number of unbranched alkanes of at least 4 members (excludes halogenated alkanes) is 29. The van der Waals surface area contributed by atoms with Crippen molar-refractivity contribution in [2.75, 3.05) is 47.5 Å². The van der Waals surface area contributed by atoms with Gasteiger partial charge < -0.3 is 27.9 Å². The third kappa shape index (κ3) is 64.0. The summed E-state index contributed by atoms with van der Waals surface area (Å²) in [6.45, 7) is 4.11. The fourth-order valence-electron chi connectivity index (χ4n) is 8.87. The Bertz CT molecular complexity index is 1650. The van der Waals surface area contributed by atoms with E-state index in [0.717, 1.165) is 96.3 Å². The number of esters is 2. The Balaban J connectivity index is 3.97. The van der Waals surface area contributed by atoms with E-state index in [1.165, 1.54) is 141 Å². The van der Waals surface area contributed by atoms with E-state index in [4.69, 9.17) is 18.5 Å². The Kier molecular flexibility index (Phi) is 57.2. The highest BCUT2D eigenvalue weighted by molar-refractivity contribution is 7.45. The van der Waals surface area contributed by atoms with Crippen molar-refractivity contribution < 1.29 is 42.1 Å². The van der Waals surface area contributed by atoms with Gasteiger partial charge in [0.2, 0.25) is 0 Å². The maximum atomic E-state index is 12.8. The number of rotatable bonds is 59. The zero-order valence-electron chi connectivity index (χ0n) is 51.8. The van der Waals surface area contributed by atoms with Crippen LogP contribution in [0.3, 0.4) is 0 Å². The molecule has 0 bridgehead atoms. The van der Waals surface area contributed by atoms with Crippen LogP contribution in [0.15, 0.2) is 97.2 Å². The predicted octanol–water partition coefficient (Wildman–Crippen LogP) is 20.1. The Morgan fingerprint density at radius 2 is 0.722 bits per heavy atom. The van der Waals surface area contributed by atoms with Crippen molar-refractivity contribution in [1.82, 2.24) is 0 Å². The smallest absolute Gasteiger partial charge is 0.306 e. The van der Waals surface area contributed by atoms with Crippen LogP contribution >= 0.6 is 7.82 Å². The molecule has 456 valence electrons. The highest BCUT2D eigenvalue weighted by Crippen LogP contribution is 2.38. The van der Waals surface area contributed by atoms with Gasteiger partial charge in [-0.25, -0.2) is 0 Å². The number of nitrogens with zero attached hydrogens (tertiary/aromatic N) is 1. The number of carbonyl (C=O) groups excluding carboxylic acids is 2. The molecule has 2 atom stereocenters. The summed E-state index contributed by atoms with van der Waals surface area (Å²) in [5.74, 6) is -0.843. The molecule has 0 N–H and O–H groups in total. The number of phosphoric ester groups is 1. The summed E-state index contributed by atoms with van der Waals surface area (Å²) in [6, 6.07) is 0. The molecule has 0 aliphatic rings. The largest absolute Gasteiger partial charge is 0.756 e. The fourth-order valence-corrected chi connectivity index (χ4v) is 9.60. The van der Waals surface area contributed by atoms with Gasteiger partial charge in [-0.3, -0.25) is 14.2 Å². The van der Waals surface area contributed by atoms with Gasteiger partial charge in [0.25, 0.3) is 7.82 Å². The molecule has 0 saturated heterocycles. The van der Waals surface area contributed by atoms with Crippen LogP contribution < -0.4 is 4.89 Å². The van der Waals surface area contributed by atoms with Gasteiger partial charge >= 0.3 is 11.9 Å². The molecule has 0 amide bonds. The first-order valence-corrected chi connectivity index (χ1v) is 33.9. The molecular formula is C69H122NO8P. The molecule has 0 spiro atoms. The van der Waals surface area contributed by atoms with Crippen LogP contribution in [0.2, 0.25) is 0 Å². The molecule has 2 unspecified atom stereocenters. The van der Waals surface area contributed by atoms with Gasteiger partial charge in [-0.1, -0.05) is 265 Å². The monoisotopic (exact) mass is 1120 g/mol. The van der Waals surface area contributed by atoms with Gasteiger partial charge in [0.15, 0.2) is 6.10 Å². The van der Waals surface area contributed by atoms with Crippen LogP contribution in [0, 0.1) is 0 Å². The van der Waals surface area contributed by atoms with Crippen molar-refractivity contribution in [2.45, 2.75) is 283 Å². The topological polar surface area (TPSA) is 111 Å². The van der Waals surface area contributed by atoms with Crippen molar-refractivity contribution >= 4 is 19.8 Å². The number of quaternary nitrogens is 1. The number of carbonyl (C=O) groups is 2. The number of allylic oxidation sites excluding steroid dienone is 16. The number of ether oxygens (including phenoxy) is 2. The molecule has 0 fully saturated rings. The number of phosphoric acid groups is 1. The lowest BCUT2D eigenvalue weighted by atomic mass is 10.0. The maximum Gasteiger partial charge on any atom is 0.306 e. The van der Waals surface area contributed by atoms with Crippen LogP contribution in [0.4, 0.5) is 0 Å². The SMILES string of the molecule is CC/C=C\C/C=C\C/C=C\C/C=C\C/C=C\C/C=C\CCCCCCCCCCCCCCCCCCCCCCC(=O)OC(COC(=O)CCCCCCC/C=C\C/C=C\CCCCCC)COP(=O)([O-])OCC[N+](C)(C)C. The molecule has 0 rings (SSSR count). The van der Waals surface area contributed by atoms with Crippen molar-refractivity contribution in [1.29, 1.82) is 0 Å². The third-order valence-corrected chi connectivity index (χ3v) is 14.8. The minimum absolute atomic E-state index is 0.0348. The van der Waals surface area contributed by atoms with E-state index in [1.807, 2.05) is 21.1 Å². The van der Waals surface area contributed by atoms with Crippen molar-refractivity contribution in [2.24, 2.45) is 0 Å². The van der Waals surface area contributed by atoms with E-state index in [-0.39, 0.29) is 26.1 Å². The normalized spacial score (nSPS) is 13.8. The van der Waals surface area contributed by atoms with Gasteiger partial charge in [-0.05, 0) is 96.3 Å². The van der Waals surface area contributed by atoms with E-state index in [9.17, 15) is 19.0 Å². The number of likely N-dealkylation sites (N-methyl/N-ethyl adjacent to an activating group) is 1. The Hall–Kier alpha value is -3.07. The van der Waals surface area contributed by atoms with Crippen molar-refractivity contribution in [3.63, 3.8) is 0 Å². The lowest BCUT2D eigenvalue weighted by Gasteiger charge is -2.28. The van der Waals surface area contributed by atoms with E-state index in [2.05, 4.69) is 111 Å². The fraction of sp³-hybridized carbons (Fsp3) is 0.739. The number of hydrogen-bond acceptors (Lipinski definition) is 8. The first-order chi connectivity index (χ1) is 38.5. The first kappa shape index (κ1) is 75.9. The summed E-state index contributed by atoms with van der Waals surface area (Å²) in [5.41, 5.74) is 0. The van der Waals surface area contributed by atoms with Crippen LogP contribution in [-0.2, 0) is 32.7 Å². The predicted molar refractivity (Wildman–Crippen MR) is 337 cm³/mol. The second kappa shape index (κ2) is 59.5. The molecule has 9 nitrogen and oxygen atoms in total. The molecule has 0 aromatic heterocycles. The summed E-state index contributed by atoms with van der Waals surface area (Å²) >= 11 is 0. The van der Waals surface area contributed by atoms with Gasteiger partial charge in [-0.2, -0.15) is 0 Å². The molecule has 0 radical (unpaired) electrons. The standard InChI is InChI=1S/C69H122NO8P/c1-6-8-10-12-14-16-18-20-22-24-25-26-27-28-29-30-31-32-33-34-35-36-37-38-39-40-41-42-43-44-45-46-48-50-52-54-56-58-60-62-69(72)78-67(66-77-79(73,74)76-64-63-70(3,4)5)65-75-68(71)61-59-57-55-53-51-49-47-23-21-19-17-15-13-11-9-7-2/h8,10,14,16-17,19-20,22-23,25-26,28-29,31-32,47,67H,6-7,9,11-13,15,18,21,24,27,30,33-46,48-66H2,1-5H3/b10-8-,16-14-,19-17-,22-20-,26-25-,29-28-,32-31-,47-23-. The van der Waals surface area contributed by atoms with E-state index < -0.39 is 32.5 Å². The highest BCUT2D eigenvalue weighted by Gasteiger charge is 2.22. The average molecular weight is 1120 g/mol. The zero-order chi connectivity index (χ0) is 57.7. The quantitative estimate of drug-likeness (QED) is 0.0195. The third-order valence-electron chi connectivity index (χ3n) is 13.8. The highest BCUT2D eigenvalue weighted by atomic mass is 31.2. The van der Waals surface area contributed by atoms with Gasteiger partial charge in [0.1, 0.15) is 19.8 Å². The van der Waals surface area contributed by atoms with E-state index in [1.54, 1.807) is 0 Å². The van der Waals surface area contributed by atoms with E-state index in [0.29, 0.717) is 23.9 Å². The van der Waals surface area contributed by atoms with E-state index >= 15 is 0 Å². The maximum absolute atomic E-state index is 12.8. The molecular weight excluding hydrogens is 1000 g/mol. The summed E-state index contributed by atoms with van der Waals surface area (Å²) in [7, 11) is 1.16. The Morgan fingerprint density at radius 3 is 1.08 bits per heavy atom. The number of hydrogen-bond donors (Lipinski definition) is 0. The zero-order valence-corrected chi connectivity index (χ0v) is 52.7. The Morgan fingerprint density at radius 1 is 0.405 bits per heavy atom. The summed E-state index contributed by atoms with van der Waals surface area (Å²) < 4.78 is 34.2. The van der Waals surface area contributed by atoms with Gasteiger partial charge in [-0.15, -0.1) is 0 Å². The van der Waals surface area contributed by atoms with Crippen LogP contribution in [0.1, 0.15) is 277 Å². The van der Waals surface area contributed by atoms with Crippen LogP contribution in [0.25, 0.3) is 0 Å². The van der Waals surface area contributed by atoms with Crippen molar-refractivity contribution in [3.8, 4) is 0 Å². The molecule has 0 aliphatic carbocycles. The van der Waals surface area contributed by atoms with Gasteiger partial charge in [0.05, 0.1) is 27.7 Å². The second-order valence-electron chi connectivity index (χ2n) is 22.7. The van der Waals surface area contributed by atoms with Gasteiger partial charge in [0, 0.05) is 12.8 Å². The van der Waals surface area contributed by atoms with Crippen molar-refractivity contribution in [3.05, 3.63) is 97.2 Å². The summed E-state index contributed by atoms with van der Waals surface area (Å²) in [4.78, 5) is 37.9. The Labute approximate surface area is 487 Å². The lowest BCUT2D eigenvalue weighted by Crippen LogP contribution is -2.37. The average Bonchev–Trinajstić information content (AvgIpc) is 3.41. The molecule has 0 saturated carbocycles. The first-order valence-electron chi connectivity index (χ1n) is 32.4. The minimum atomic E-state index is -4.64. The molecule has 0 aliphatic heterocycles.